The minimum atomic E-state index is 0.686. The molecule has 0 unspecified atom stereocenters. The molecule has 0 radical (unpaired) electrons. The van der Waals surface area contributed by atoms with Crippen molar-refractivity contribution in [2.24, 2.45) is 0 Å². The van der Waals surface area contributed by atoms with Crippen LogP contribution < -0.4 is 5.32 Å². The van der Waals surface area contributed by atoms with Gasteiger partial charge in [-0.25, -0.2) is 9.97 Å². The quantitative estimate of drug-likeness (QED) is 0.599. The molecule has 4 rings (SSSR count). The Hall–Kier alpha value is -2.80. The van der Waals surface area contributed by atoms with Crippen LogP contribution in [-0.2, 0) is 0 Å². The van der Waals surface area contributed by atoms with E-state index in [-0.39, 0.29) is 0 Å². The molecule has 1 aromatic carbocycles. The highest BCUT2D eigenvalue weighted by Gasteiger charge is 2.13. The van der Waals surface area contributed by atoms with Gasteiger partial charge in [-0.2, -0.15) is 9.47 Å². The van der Waals surface area contributed by atoms with Crippen LogP contribution in [0.25, 0.3) is 21.6 Å². The van der Waals surface area contributed by atoms with Crippen LogP contribution in [0.15, 0.2) is 36.5 Å². The second kappa shape index (κ2) is 5.44. The van der Waals surface area contributed by atoms with Crippen molar-refractivity contribution in [3.8, 4) is 11.4 Å². The number of H-pyrrole nitrogens is 1. The minimum Gasteiger partial charge on any atom is -0.322 e. The summed E-state index contributed by atoms with van der Waals surface area (Å²) in [4.78, 5) is 9.35. The lowest BCUT2D eigenvalue weighted by Crippen LogP contribution is -1.99. The minimum absolute atomic E-state index is 0.686. The number of benzene rings is 1. The first-order chi connectivity index (χ1) is 11.2. The van der Waals surface area contributed by atoms with Crippen molar-refractivity contribution < 1.29 is 0 Å². The summed E-state index contributed by atoms with van der Waals surface area (Å²) in [5.74, 6) is 2.14. The van der Waals surface area contributed by atoms with Crippen LogP contribution in [0.3, 0.4) is 0 Å². The van der Waals surface area contributed by atoms with Crippen molar-refractivity contribution in [2.75, 3.05) is 5.32 Å². The van der Waals surface area contributed by atoms with E-state index in [4.69, 9.17) is 4.98 Å². The highest BCUT2D eigenvalue weighted by atomic mass is 32.1. The number of fused-ring (bicyclic) bond motifs is 1. The van der Waals surface area contributed by atoms with E-state index in [0.717, 1.165) is 38.7 Å². The van der Waals surface area contributed by atoms with Crippen LogP contribution in [0.5, 0.6) is 0 Å². The molecule has 4 aromatic rings. The Labute approximate surface area is 136 Å². The molecule has 0 aliphatic carbocycles. The molecule has 3 heterocycles. The maximum Gasteiger partial charge on any atom is 0.162 e. The second-order valence-corrected chi connectivity index (χ2v) is 6.11. The molecule has 0 atom stereocenters. The fraction of sp³-hybridized carbons (Fsp3) is 0.125. The average Bonchev–Trinajstić information content (AvgIpc) is 3.16. The van der Waals surface area contributed by atoms with Gasteiger partial charge in [0.1, 0.15) is 10.2 Å². The number of rotatable bonds is 3. The number of aryl methyl sites for hydroxylation is 2. The fourth-order valence-corrected chi connectivity index (χ4v) is 3.04. The number of anilines is 2. The molecule has 23 heavy (non-hydrogen) atoms. The topological polar surface area (TPSA) is 79.4 Å². The van der Waals surface area contributed by atoms with Gasteiger partial charge in [-0.05, 0) is 30.9 Å². The summed E-state index contributed by atoms with van der Waals surface area (Å²) < 4.78 is 5.16. The van der Waals surface area contributed by atoms with E-state index in [9.17, 15) is 0 Å². The smallest absolute Gasteiger partial charge is 0.162 e. The lowest BCUT2D eigenvalue weighted by molar-refractivity contribution is 1.05. The normalized spacial score (nSPS) is 11.0. The van der Waals surface area contributed by atoms with Gasteiger partial charge >= 0.3 is 0 Å². The zero-order chi connectivity index (χ0) is 15.8. The van der Waals surface area contributed by atoms with E-state index in [1.165, 1.54) is 11.5 Å². The Morgan fingerprint density at radius 3 is 2.78 bits per heavy atom. The third-order valence-corrected chi connectivity index (χ3v) is 4.35. The van der Waals surface area contributed by atoms with Crippen LogP contribution in [-0.4, -0.2) is 24.5 Å². The van der Waals surface area contributed by atoms with Crippen LogP contribution in [0, 0.1) is 13.8 Å². The fourth-order valence-electron chi connectivity index (χ4n) is 2.41. The van der Waals surface area contributed by atoms with Gasteiger partial charge in [0.15, 0.2) is 17.5 Å². The van der Waals surface area contributed by atoms with Gasteiger partial charge in [0.25, 0.3) is 0 Å². The van der Waals surface area contributed by atoms with Crippen molar-refractivity contribution in [1.29, 1.82) is 0 Å². The highest BCUT2D eigenvalue weighted by Crippen LogP contribution is 2.30. The number of hydrogen-bond acceptors (Lipinski definition) is 6. The summed E-state index contributed by atoms with van der Waals surface area (Å²) in [6, 6.07) is 10.0. The third kappa shape index (κ3) is 2.55. The van der Waals surface area contributed by atoms with Crippen molar-refractivity contribution in [1.82, 2.24) is 24.5 Å². The predicted octanol–water partition coefficient (Wildman–Crippen LogP) is 3.84. The number of hydrogen-bond donors (Lipinski definition) is 2. The molecule has 0 amide bonds. The van der Waals surface area contributed by atoms with Gasteiger partial charge in [0, 0.05) is 17.3 Å². The zero-order valence-electron chi connectivity index (χ0n) is 12.7. The van der Waals surface area contributed by atoms with E-state index < -0.39 is 0 Å². The van der Waals surface area contributed by atoms with Gasteiger partial charge in [-0.3, -0.25) is 5.10 Å². The first-order valence-corrected chi connectivity index (χ1v) is 7.95. The van der Waals surface area contributed by atoms with Gasteiger partial charge in [-0.1, -0.05) is 24.3 Å². The molecule has 2 N–H and O–H groups in total. The monoisotopic (exact) mass is 322 g/mol. The summed E-state index contributed by atoms with van der Waals surface area (Å²) in [7, 11) is 0. The number of aromatic nitrogens is 5. The summed E-state index contributed by atoms with van der Waals surface area (Å²) in [5, 5.41) is 10.4. The van der Waals surface area contributed by atoms with Crippen LogP contribution >= 0.6 is 11.5 Å². The molecule has 7 heteroatoms. The lowest BCUT2D eigenvalue weighted by Gasteiger charge is -2.08. The summed E-state index contributed by atoms with van der Waals surface area (Å²) in [6.45, 7) is 4.01. The molecular formula is C16H14N6S. The van der Waals surface area contributed by atoms with E-state index >= 15 is 0 Å². The highest BCUT2D eigenvalue weighted by molar-refractivity contribution is 7.13. The van der Waals surface area contributed by atoms with Gasteiger partial charge in [0.05, 0.1) is 6.20 Å². The maximum absolute atomic E-state index is 4.70. The Bertz CT molecular complexity index is 987. The number of nitrogens with one attached hydrogen (secondary N) is 2. The molecule has 0 spiro atoms. The maximum atomic E-state index is 4.70. The van der Waals surface area contributed by atoms with Crippen LogP contribution in [0.4, 0.5) is 11.6 Å². The van der Waals surface area contributed by atoms with Gasteiger partial charge in [0.2, 0.25) is 0 Å². The SMILES string of the molecule is Cc1cc(Nc2nc(-c3ccccc3C)nc3cnsc23)n[nH]1. The zero-order valence-corrected chi connectivity index (χ0v) is 13.5. The molecular weight excluding hydrogens is 308 g/mol. The van der Waals surface area contributed by atoms with E-state index in [2.05, 4.69) is 37.9 Å². The van der Waals surface area contributed by atoms with E-state index in [1.54, 1.807) is 6.20 Å². The summed E-state index contributed by atoms with van der Waals surface area (Å²) in [5.41, 5.74) is 3.97. The van der Waals surface area contributed by atoms with Gasteiger partial charge in [-0.15, -0.1) is 0 Å². The summed E-state index contributed by atoms with van der Waals surface area (Å²) in [6.07, 6.45) is 1.77. The number of nitrogens with zero attached hydrogens (tertiary/aromatic N) is 4. The van der Waals surface area contributed by atoms with E-state index in [0.29, 0.717) is 5.82 Å². The first-order valence-electron chi connectivity index (χ1n) is 7.18. The Morgan fingerprint density at radius 1 is 1.13 bits per heavy atom. The predicted molar refractivity (Wildman–Crippen MR) is 92.0 cm³/mol. The molecule has 0 aliphatic rings. The molecule has 0 bridgehead atoms. The molecule has 114 valence electrons. The molecule has 0 fully saturated rings. The first kappa shape index (κ1) is 13.8. The lowest BCUT2D eigenvalue weighted by atomic mass is 10.1. The Balaban J connectivity index is 1.86. The van der Waals surface area contributed by atoms with Gasteiger partial charge < -0.3 is 5.32 Å². The molecule has 6 nitrogen and oxygen atoms in total. The molecule has 0 saturated heterocycles. The number of aromatic amines is 1. The van der Waals surface area contributed by atoms with Crippen LogP contribution in [0.1, 0.15) is 11.3 Å². The molecule has 3 aromatic heterocycles. The molecule has 0 aliphatic heterocycles. The van der Waals surface area contributed by atoms with Crippen molar-refractivity contribution in [3.05, 3.63) is 47.8 Å². The second-order valence-electron chi connectivity index (χ2n) is 5.31. The average molecular weight is 322 g/mol. The largest absolute Gasteiger partial charge is 0.322 e. The Kier molecular flexibility index (Phi) is 3.27. The van der Waals surface area contributed by atoms with Crippen LogP contribution in [0.2, 0.25) is 0 Å². The molecule has 0 saturated carbocycles. The van der Waals surface area contributed by atoms with Crippen molar-refractivity contribution in [2.45, 2.75) is 13.8 Å². The van der Waals surface area contributed by atoms with Crippen molar-refractivity contribution >= 4 is 33.4 Å². The summed E-state index contributed by atoms with van der Waals surface area (Å²) >= 11 is 1.37. The Morgan fingerprint density at radius 2 is 2.00 bits per heavy atom. The standard InChI is InChI=1S/C16H14N6S/c1-9-5-3-4-6-11(9)15-18-12-8-17-23-14(12)16(20-15)19-13-7-10(2)21-22-13/h3-8H,1-2H3,(H2,18,19,20,21,22). The van der Waals surface area contributed by atoms with E-state index in [1.807, 2.05) is 31.2 Å². The third-order valence-electron chi connectivity index (χ3n) is 3.55. The van der Waals surface area contributed by atoms with Crippen molar-refractivity contribution in [3.63, 3.8) is 0 Å².